The van der Waals surface area contributed by atoms with Crippen LogP contribution in [0.5, 0.6) is 0 Å². The van der Waals surface area contributed by atoms with Crippen molar-refractivity contribution >= 4 is 29.8 Å². The zero-order valence-electron chi connectivity index (χ0n) is 20.5. The highest BCUT2D eigenvalue weighted by atomic mass is 16.6. The van der Waals surface area contributed by atoms with Crippen LogP contribution in [0.4, 0.5) is 4.79 Å². The summed E-state index contributed by atoms with van der Waals surface area (Å²) in [4.78, 5) is 62.7. The second kappa shape index (κ2) is 13.0. The first kappa shape index (κ1) is 29.0. The highest BCUT2D eigenvalue weighted by Gasteiger charge is 2.36. The van der Waals surface area contributed by atoms with Gasteiger partial charge in [-0.25, -0.2) is 4.79 Å². The van der Waals surface area contributed by atoms with Gasteiger partial charge in [0.2, 0.25) is 11.8 Å². The number of alkyl carbamates (subject to hydrolysis) is 1. The average Bonchev–Trinajstić information content (AvgIpc) is 2.77. The number of nitrogens with zero attached hydrogens (tertiary/aromatic N) is 1. The summed E-state index contributed by atoms with van der Waals surface area (Å²) in [6, 6.07) is 6.25. The van der Waals surface area contributed by atoms with Gasteiger partial charge in [0.25, 0.3) is 5.91 Å². The Morgan fingerprint density at radius 1 is 1.17 bits per heavy atom. The lowest BCUT2D eigenvalue weighted by Crippen LogP contribution is -2.52. The normalized spacial score (nSPS) is 12.3. The SMILES string of the molecule is C#CN(C(=O)C(CCC(N)=O)NC(=O)OC(C)(C)C)C(C(=O)NCC(=O)OC)c1ccccc1C. The summed E-state index contributed by atoms with van der Waals surface area (Å²) in [6.45, 7) is 6.19. The minimum atomic E-state index is -1.35. The minimum Gasteiger partial charge on any atom is -0.468 e. The second-order valence-electron chi connectivity index (χ2n) is 8.59. The Morgan fingerprint density at radius 2 is 1.80 bits per heavy atom. The van der Waals surface area contributed by atoms with E-state index in [-0.39, 0.29) is 12.8 Å². The molecule has 35 heavy (non-hydrogen) atoms. The van der Waals surface area contributed by atoms with E-state index in [0.717, 1.165) is 12.0 Å². The molecule has 4 amide bonds. The molecule has 4 N–H and O–H groups in total. The minimum absolute atomic E-state index is 0.185. The number of hydrogen-bond donors (Lipinski definition) is 3. The van der Waals surface area contributed by atoms with Gasteiger partial charge in [-0.15, -0.1) is 0 Å². The molecule has 190 valence electrons. The number of amides is 4. The van der Waals surface area contributed by atoms with Crippen molar-refractivity contribution in [1.82, 2.24) is 15.5 Å². The van der Waals surface area contributed by atoms with E-state index in [9.17, 15) is 24.0 Å². The molecule has 1 aromatic carbocycles. The number of aryl methyl sites for hydroxylation is 1. The fraction of sp³-hybridized carbons (Fsp3) is 0.458. The molecular weight excluding hydrogens is 456 g/mol. The topological polar surface area (TPSA) is 157 Å². The molecule has 11 nitrogen and oxygen atoms in total. The van der Waals surface area contributed by atoms with Gasteiger partial charge >= 0.3 is 12.1 Å². The van der Waals surface area contributed by atoms with Gasteiger partial charge in [-0.2, -0.15) is 0 Å². The van der Waals surface area contributed by atoms with Crippen LogP contribution < -0.4 is 16.4 Å². The maximum Gasteiger partial charge on any atom is 0.408 e. The smallest absolute Gasteiger partial charge is 0.408 e. The van der Waals surface area contributed by atoms with Crippen LogP contribution in [0, 0.1) is 19.4 Å². The number of rotatable bonds is 10. The second-order valence-corrected chi connectivity index (χ2v) is 8.59. The summed E-state index contributed by atoms with van der Waals surface area (Å²) in [5.74, 6) is -3.00. The van der Waals surface area contributed by atoms with Crippen molar-refractivity contribution in [1.29, 1.82) is 0 Å². The molecule has 2 atom stereocenters. The summed E-state index contributed by atoms with van der Waals surface area (Å²) in [5, 5.41) is 4.80. The molecule has 0 fully saturated rings. The molecule has 0 saturated carbocycles. The lowest BCUT2D eigenvalue weighted by Gasteiger charge is -2.31. The number of nitrogens with two attached hydrogens (primary N) is 1. The number of primary amides is 1. The van der Waals surface area contributed by atoms with Crippen LogP contribution in [0.3, 0.4) is 0 Å². The van der Waals surface area contributed by atoms with E-state index in [1.54, 1.807) is 52.0 Å². The van der Waals surface area contributed by atoms with Gasteiger partial charge in [0.05, 0.1) is 7.11 Å². The van der Waals surface area contributed by atoms with Gasteiger partial charge in [0.1, 0.15) is 24.2 Å². The molecule has 0 aliphatic heterocycles. The van der Waals surface area contributed by atoms with Crippen LogP contribution >= 0.6 is 0 Å². The monoisotopic (exact) mass is 488 g/mol. The van der Waals surface area contributed by atoms with Crippen LogP contribution in [-0.2, 0) is 28.7 Å². The molecule has 0 spiro atoms. The van der Waals surface area contributed by atoms with Crippen molar-refractivity contribution in [3.8, 4) is 12.5 Å². The highest BCUT2D eigenvalue weighted by Crippen LogP contribution is 2.25. The van der Waals surface area contributed by atoms with Gasteiger partial charge < -0.3 is 25.8 Å². The highest BCUT2D eigenvalue weighted by molar-refractivity contribution is 5.94. The zero-order chi connectivity index (χ0) is 26.8. The van der Waals surface area contributed by atoms with Crippen molar-refractivity contribution in [2.24, 2.45) is 5.73 Å². The summed E-state index contributed by atoms with van der Waals surface area (Å²) in [6.07, 6.45) is 4.31. The van der Waals surface area contributed by atoms with Crippen LogP contribution in [-0.4, -0.2) is 60.0 Å². The molecular formula is C24H32N4O7. The van der Waals surface area contributed by atoms with Crippen LogP contribution in [0.2, 0.25) is 0 Å². The molecule has 0 heterocycles. The molecule has 2 unspecified atom stereocenters. The fourth-order valence-corrected chi connectivity index (χ4v) is 3.05. The standard InChI is InChI=1S/C24H32N4O7/c1-7-28(22(32)17(12-13-18(25)29)27-23(33)35-24(3,4)5)20(16-11-9-8-10-15(16)2)21(31)26-14-19(30)34-6/h1,8-11,17,20H,12-14H2,2-6H3,(H2,25,29)(H,26,31)(H,27,33). The summed E-state index contributed by atoms with van der Waals surface area (Å²) in [5.41, 5.74) is 5.41. The van der Waals surface area contributed by atoms with Crippen LogP contribution in [0.15, 0.2) is 24.3 Å². The third-order valence-corrected chi connectivity index (χ3v) is 4.67. The number of terminal acetylenes is 1. The lowest BCUT2D eigenvalue weighted by molar-refractivity contribution is -0.142. The number of methoxy groups -OCH3 is 1. The van der Waals surface area contributed by atoms with Crippen molar-refractivity contribution in [3.05, 3.63) is 35.4 Å². The van der Waals surface area contributed by atoms with Gasteiger partial charge in [0.15, 0.2) is 0 Å². The van der Waals surface area contributed by atoms with E-state index in [2.05, 4.69) is 21.4 Å². The molecule has 0 saturated heterocycles. The van der Waals surface area contributed by atoms with E-state index >= 15 is 0 Å². The van der Waals surface area contributed by atoms with Crippen molar-refractivity contribution in [2.45, 2.75) is 58.2 Å². The van der Waals surface area contributed by atoms with Crippen molar-refractivity contribution < 1.29 is 33.4 Å². The number of esters is 1. The summed E-state index contributed by atoms with van der Waals surface area (Å²) < 4.78 is 9.75. The van der Waals surface area contributed by atoms with E-state index < -0.39 is 54.0 Å². The predicted octanol–water partition coefficient (Wildman–Crippen LogP) is 0.903. The largest absolute Gasteiger partial charge is 0.468 e. The molecule has 0 aromatic heterocycles. The number of nitrogens with one attached hydrogen (secondary N) is 2. The first-order valence-corrected chi connectivity index (χ1v) is 10.8. The van der Waals surface area contributed by atoms with Gasteiger partial charge in [-0.1, -0.05) is 30.7 Å². The number of hydrogen-bond acceptors (Lipinski definition) is 7. The molecule has 11 heteroatoms. The molecule has 1 aromatic rings. The van der Waals surface area contributed by atoms with Gasteiger partial charge in [-0.3, -0.25) is 24.1 Å². The van der Waals surface area contributed by atoms with E-state index in [0.29, 0.717) is 11.1 Å². The van der Waals surface area contributed by atoms with Crippen LogP contribution in [0.25, 0.3) is 0 Å². The molecule has 1 rings (SSSR count). The van der Waals surface area contributed by atoms with Crippen molar-refractivity contribution in [3.63, 3.8) is 0 Å². The summed E-state index contributed by atoms with van der Waals surface area (Å²) >= 11 is 0. The number of carbonyl (C=O) groups excluding carboxylic acids is 5. The van der Waals surface area contributed by atoms with Gasteiger partial charge in [-0.05, 0) is 45.2 Å². The Bertz CT molecular complexity index is 994. The van der Waals surface area contributed by atoms with Gasteiger partial charge in [0, 0.05) is 12.5 Å². The number of benzene rings is 1. The fourth-order valence-electron chi connectivity index (χ4n) is 3.05. The van der Waals surface area contributed by atoms with E-state index in [4.69, 9.17) is 16.9 Å². The first-order valence-electron chi connectivity index (χ1n) is 10.8. The Labute approximate surface area is 204 Å². The third kappa shape index (κ3) is 9.37. The molecule has 0 aliphatic rings. The predicted molar refractivity (Wildman–Crippen MR) is 126 cm³/mol. The van der Waals surface area contributed by atoms with Crippen molar-refractivity contribution in [2.75, 3.05) is 13.7 Å². The Kier molecular flexibility index (Phi) is 10.7. The third-order valence-electron chi connectivity index (χ3n) is 4.67. The Hall–Kier alpha value is -4.07. The summed E-state index contributed by atoms with van der Waals surface area (Å²) in [7, 11) is 1.16. The number of ether oxygens (including phenoxy) is 2. The maximum absolute atomic E-state index is 13.5. The average molecular weight is 489 g/mol. The molecule has 0 bridgehead atoms. The molecule has 0 radical (unpaired) electrons. The first-order chi connectivity index (χ1) is 16.3. The zero-order valence-corrected chi connectivity index (χ0v) is 20.5. The quantitative estimate of drug-likeness (QED) is 0.251. The lowest BCUT2D eigenvalue weighted by atomic mass is 9.98. The van der Waals surface area contributed by atoms with E-state index in [1.807, 2.05) is 0 Å². The Balaban J connectivity index is 3.38. The maximum atomic E-state index is 13.5. The van der Waals surface area contributed by atoms with E-state index in [1.165, 1.54) is 0 Å². The number of carbonyl (C=O) groups is 5. The Morgan fingerprint density at radius 3 is 2.31 bits per heavy atom. The van der Waals surface area contributed by atoms with Crippen LogP contribution in [0.1, 0.15) is 50.8 Å². The molecule has 0 aliphatic carbocycles.